The fraction of sp³-hybridized carbons (Fsp3) is 0. The predicted octanol–water partition coefficient (Wildman–Crippen LogP) is -0.481. The molecule has 2 rings (SSSR count). The van der Waals surface area contributed by atoms with Crippen LogP contribution < -0.4 is 0 Å². The summed E-state index contributed by atoms with van der Waals surface area (Å²) in [4.78, 5) is 3.75. The molecule has 0 unspecified atom stereocenters. The molecule has 0 saturated carbocycles. The third-order valence-electron chi connectivity index (χ3n) is 0.989. The Morgan fingerprint density at radius 1 is 1.44 bits per heavy atom. The zero-order valence-corrected chi connectivity index (χ0v) is 4.47. The molecule has 44 valence electrons. The van der Waals surface area contributed by atoms with Crippen molar-refractivity contribution in [3.8, 4) is 0 Å². The van der Waals surface area contributed by atoms with Crippen LogP contribution in [-0.4, -0.2) is 24.8 Å². The Kier molecular flexibility index (Phi) is 0.717. The molecule has 0 aliphatic carbocycles. The fourth-order valence-electron chi connectivity index (χ4n) is 0.598. The molecule has 0 bridgehead atoms. The van der Waals surface area contributed by atoms with Gasteiger partial charge in [-0.05, 0) is 0 Å². The van der Waals surface area contributed by atoms with Crippen LogP contribution in [0, 0.1) is 0 Å². The van der Waals surface area contributed by atoms with Crippen molar-refractivity contribution in [2.75, 3.05) is 0 Å². The second-order valence-corrected chi connectivity index (χ2v) is 1.54. The van der Waals surface area contributed by atoms with Gasteiger partial charge in [0.05, 0.1) is 6.20 Å². The van der Waals surface area contributed by atoms with Crippen molar-refractivity contribution < 1.29 is 0 Å². The molecule has 0 atom stereocenters. The van der Waals surface area contributed by atoms with E-state index in [1.54, 1.807) is 10.7 Å². The maximum atomic E-state index is 3.82. The summed E-state index contributed by atoms with van der Waals surface area (Å²) in [5, 5.41) is 11.1. The van der Waals surface area contributed by atoms with Crippen LogP contribution in [0.1, 0.15) is 0 Å². The normalized spacial score (nSPS) is 10.2. The first-order valence-electron chi connectivity index (χ1n) is 2.43. The average molecular weight is 121 g/mol. The first-order valence-corrected chi connectivity index (χ1v) is 2.43. The lowest BCUT2D eigenvalue weighted by Gasteiger charge is -1.82. The lowest BCUT2D eigenvalue weighted by atomic mass is 10.8. The molecule has 0 aliphatic rings. The second kappa shape index (κ2) is 1.48. The van der Waals surface area contributed by atoms with Gasteiger partial charge in [0.1, 0.15) is 12.7 Å². The largest absolute Gasteiger partial charge is 0.239 e. The summed E-state index contributed by atoms with van der Waals surface area (Å²) in [7, 11) is 0. The number of nitrogens with zero attached hydrogens (tertiary/aromatic N) is 5. The Labute approximate surface area is 50.4 Å². The minimum atomic E-state index is 0.664. The summed E-state index contributed by atoms with van der Waals surface area (Å²) in [6.07, 6.45) is 4.56. The number of hydrogen-bond acceptors (Lipinski definition) is 4. The molecule has 2 aromatic rings. The minimum absolute atomic E-state index is 0.664. The number of rotatable bonds is 0. The molecule has 2 aromatic heterocycles. The number of fused-ring (bicyclic) bond motifs is 1. The van der Waals surface area contributed by atoms with Gasteiger partial charge in [0.25, 0.3) is 0 Å². The third kappa shape index (κ3) is 0.543. The highest BCUT2D eigenvalue weighted by Crippen LogP contribution is 1.87. The quantitative estimate of drug-likeness (QED) is 0.472. The average Bonchev–Trinajstić information content (AvgIpc) is 2.33. The standard InChI is InChI=1S/C4H3N5/c1-4-8-6-3-9(4)7-2-5-1/h1-3H. The van der Waals surface area contributed by atoms with Crippen molar-refractivity contribution >= 4 is 5.65 Å². The lowest BCUT2D eigenvalue weighted by Crippen LogP contribution is -1.88. The van der Waals surface area contributed by atoms with E-state index in [4.69, 9.17) is 0 Å². The van der Waals surface area contributed by atoms with Crippen LogP contribution in [0.25, 0.3) is 5.65 Å². The molecular weight excluding hydrogens is 118 g/mol. The topological polar surface area (TPSA) is 56.0 Å². The molecule has 0 aliphatic heterocycles. The van der Waals surface area contributed by atoms with E-state index >= 15 is 0 Å². The van der Waals surface area contributed by atoms with E-state index in [0.29, 0.717) is 5.65 Å². The lowest BCUT2D eigenvalue weighted by molar-refractivity contribution is 0.892. The van der Waals surface area contributed by atoms with Gasteiger partial charge in [-0.15, -0.1) is 10.2 Å². The highest BCUT2D eigenvalue weighted by atomic mass is 15.3. The van der Waals surface area contributed by atoms with E-state index in [0.717, 1.165) is 0 Å². The summed E-state index contributed by atoms with van der Waals surface area (Å²) >= 11 is 0. The molecule has 0 fully saturated rings. The molecule has 0 radical (unpaired) electrons. The monoisotopic (exact) mass is 121 g/mol. The van der Waals surface area contributed by atoms with Gasteiger partial charge < -0.3 is 0 Å². The third-order valence-corrected chi connectivity index (χ3v) is 0.989. The first kappa shape index (κ1) is 4.37. The Balaban J connectivity index is 2.95. The van der Waals surface area contributed by atoms with Gasteiger partial charge in [-0.25, -0.2) is 4.98 Å². The van der Waals surface area contributed by atoms with Crippen molar-refractivity contribution in [1.29, 1.82) is 0 Å². The van der Waals surface area contributed by atoms with E-state index in [2.05, 4.69) is 20.3 Å². The maximum Gasteiger partial charge on any atom is 0.195 e. The van der Waals surface area contributed by atoms with Crippen LogP contribution in [0.2, 0.25) is 0 Å². The zero-order chi connectivity index (χ0) is 6.10. The number of hydrogen-bond donors (Lipinski definition) is 0. The Morgan fingerprint density at radius 3 is 3.33 bits per heavy atom. The summed E-state index contributed by atoms with van der Waals surface area (Å²) in [6.45, 7) is 0. The predicted molar refractivity (Wildman–Crippen MR) is 28.6 cm³/mol. The van der Waals surface area contributed by atoms with Gasteiger partial charge in [-0.1, -0.05) is 0 Å². The van der Waals surface area contributed by atoms with Gasteiger partial charge in [-0.2, -0.15) is 9.61 Å². The van der Waals surface area contributed by atoms with Crippen molar-refractivity contribution in [2.45, 2.75) is 0 Å². The van der Waals surface area contributed by atoms with Gasteiger partial charge in [0.15, 0.2) is 5.65 Å². The van der Waals surface area contributed by atoms with Gasteiger partial charge >= 0.3 is 0 Å². The summed E-state index contributed by atoms with van der Waals surface area (Å²) in [5.41, 5.74) is 0.664. The zero-order valence-electron chi connectivity index (χ0n) is 4.47. The molecular formula is C4H3N5. The van der Waals surface area contributed by atoms with Crippen molar-refractivity contribution in [3.05, 3.63) is 18.9 Å². The van der Waals surface area contributed by atoms with Crippen LogP contribution >= 0.6 is 0 Å². The Morgan fingerprint density at radius 2 is 2.44 bits per heavy atom. The minimum Gasteiger partial charge on any atom is -0.239 e. The van der Waals surface area contributed by atoms with E-state index < -0.39 is 0 Å². The first-order chi connectivity index (χ1) is 4.47. The summed E-state index contributed by atoms with van der Waals surface area (Å²) in [6, 6.07) is 0. The molecule has 0 amide bonds. The van der Waals surface area contributed by atoms with Gasteiger partial charge in [0.2, 0.25) is 0 Å². The van der Waals surface area contributed by atoms with E-state index in [1.165, 1.54) is 12.7 Å². The molecule has 9 heavy (non-hydrogen) atoms. The van der Waals surface area contributed by atoms with Gasteiger partial charge in [0, 0.05) is 0 Å². The van der Waals surface area contributed by atoms with Crippen molar-refractivity contribution in [2.24, 2.45) is 0 Å². The highest BCUT2D eigenvalue weighted by Gasteiger charge is 1.89. The highest BCUT2D eigenvalue weighted by molar-refractivity contribution is 5.28. The SMILES string of the molecule is c1ncc2nncn2n1. The van der Waals surface area contributed by atoms with Crippen molar-refractivity contribution in [1.82, 2.24) is 24.8 Å². The van der Waals surface area contributed by atoms with Crippen LogP contribution in [0.3, 0.4) is 0 Å². The van der Waals surface area contributed by atoms with E-state index in [9.17, 15) is 0 Å². The van der Waals surface area contributed by atoms with E-state index in [-0.39, 0.29) is 0 Å². The Bertz CT molecular complexity index is 283. The molecule has 0 aromatic carbocycles. The molecule has 2 heterocycles. The maximum absolute atomic E-state index is 3.82. The molecule has 0 N–H and O–H groups in total. The molecule has 5 heteroatoms. The number of aromatic nitrogens is 5. The molecule has 5 nitrogen and oxygen atoms in total. The molecule has 0 saturated heterocycles. The van der Waals surface area contributed by atoms with Crippen molar-refractivity contribution in [3.63, 3.8) is 0 Å². The summed E-state index contributed by atoms with van der Waals surface area (Å²) < 4.78 is 1.55. The smallest absolute Gasteiger partial charge is 0.195 e. The summed E-state index contributed by atoms with van der Waals surface area (Å²) in [5.74, 6) is 0. The van der Waals surface area contributed by atoms with Crippen LogP contribution in [0.4, 0.5) is 0 Å². The van der Waals surface area contributed by atoms with Crippen LogP contribution in [-0.2, 0) is 0 Å². The Hall–Kier alpha value is -1.52. The van der Waals surface area contributed by atoms with Crippen LogP contribution in [0.15, 0.2) is 18.9 Å². The molecule has 0 spiro atoms. The van der Waals surface area contributed by atoms with Gasteiger partial charge in [-0.3, -0.25) is 0 Å². The second-order valence-electron chi connectivity index (χ2n) is 1.54. The van der Waals surface area contributed by atoms with E-state index in [1.807, 2.05) is 0 Å². The fourth-order valence-corrected chi connectivity index (χ4v) is 0.598. The van der Waals surface area contributed by atoms with Crippen LogP contribution in [0.5, 0.6) is 0 Å².